The number of ether oxygens (including phenoxy) is 1. The van der Waals surface area contributed by atoms with Gasteiger partial charge in [0.05, 0.1) is 0 Å². The third-order valence-corrected chi connectivity index (χ3v) is 4.53. The molecule has 0 atom stereocenters. The third kappa shape index (κ3) is 6.74. The summed E-state index contributed by atoms with van der Waals surface area (Å²) in [4.78, 5) is 17.9. The number of nitrogens with zero attached hydrogens (tertiary/aromatic N) is 3. The van der Waals surface area contributed by atoms with E-state index in [0.29, 0.717) is 11.6 Å². The fourth-order valence-electron chi connectivity index (χ4n) is 3.18. The van der Waals surface area contributed by atoms with E-state index in [-0.39, 0.29) is 6.09 Å². The quantitative estimate of drug-likeness (QED) is 0.747. The number of nitriles is 1. The normalized spacial score (nSPS) is 15.7. The summed E-state index contributed by atoms with van der Waals surface area (Å²) in [5.41, 5.74) is 1.25. The van der Waals surface area contributed by atoms with Crippen molar-refractivity contribution in [1.82, 2.24) is 9.88 Å². The number of aryl methyl sites for hydroxylation is 1. The van der Waals surface area contributed by atoms with Crippen LogP contribution >= 0.6 is 0 Å². The van der Waals surface area contributed by atoms with E-state index in [4.69, 9.17) is 10.00 Å². The molecule has 1 aliphatic heterocycles. The van der Waals surface area contributed by atoms with Gasteiger partial charge in [0.15, 0.2) is 0 Å². The average molecular weight is 343 g/mol. The Balaban J connectivity index is 1.64. The maximum Gasteiger partial charge on any atom is 0.410 e. The Hall–Kier alpha value is -2.09. The van der Waals surface area contributed by atoms with Crippen LogP contribution in [0.1, 0.15) is 64.1 Å². The molecule has 0 aromatic carbocycles. The first-order valence-electron chi connectivity index (χ1n) is 9.20. The predicted octanol–water partition coefficient (Wildman–Crippen LogP) is 4.31. The summed E-state index contributed by atoms with van der Waals surface area (Å²) < 4.78 is 5.44. The molecule has 1 saturated heterocycles. The van der Waals surface area contributed by atoms with Crippen molar-refractivity contribution in [3.63, 3.8) is 0 Å². The van der Waals surface area contributed by atoms with E-state index in [1.165, 1.54) is 18.4 Å². The van der Waals surface area contributed by atoms with Crippen molar-refractivity contribution in [3.05, 3.63) is 29.6 Å². The highest BCUT2D eigenvalue weighted by molar-refractivity contribution is 5.68. The van der Waals surface area contributed by atoms with E-state index >= 15 is 0 Å². The lowest BCUT2D eigenvalue weighted by Crippen LogP contribution is -2.41. The molecule has 1 aromatic heterocycles. The summed E-state index contributed by atoms with van der Waals surface area (Å²) in [5, 5.41) is 8.88. The largest absolute Gasteiger partial charge is 0.444 e. The van der Waals surface area contributed by atoms with Crippen molar-refractivity contribution in [2.24, 2.45) is 5.92 Å². The van der Waals surface area contributed by atoms with Crippen LogP contribution in [0.15, 0.2) is 18.3 Å². The molecule has 25 heavy (non-hydrogen) atoms. The van der Waals surface area contributed by atoms with Crippen LogP contribution in [-0.2, 0) is 11.2 Å². The zero-order valence-electron chi connectivity index (χ0n) is 15.6. The van der Waals surface area contributed by atoms with E-state index in [1.54, 1.807) is 6.20 Å². The maximum absolute atomic E-state index is 12.1. The van der Waals surface area contributed by atoms with Crippen LogP contribution in [0.3, 0.4) is 0 Å². The smallest absolute Gasteiger partial charge is 0.410 e. The first-order valence-corrected chi connectivity index (χ1v) is 9.20. The third-order valence-electron chi connectivity index (χ3n) is 4.53. The minimum absolute atomic E-state index is 0.183. The van der Waals surface area contributed by atoms with E-state index < -0.39 is 5.60 Å². The summed E-state index contributed by atoms with van der Waals surface area (Å²) in [6, 6.07) is 5.94. The Labute approximate surface area is 151 Å². The summed E-state index contributed by atoms with van der Waals surface area (Å²) in [6.45, 7) is 7.31. The van der Waals surface area contributed by atoms with E-state index in [0.717, 1.165) is 38.8 Å². The molecular weight excluding hydrogens is 314 g/mol. The predicted molar refractivity (Wildman–Crippen MR) is 97.0 cm³/mol. The number of likely N-dealkylation sites (tertiary alicyclic amines) is 1. The van der Waals surface area contributed by atoms with Gasteiger partial charge in [0.1, 0.15) is 17.4 Å². The molecule has 0 bridgehead atoms. The van der Waals surface area contributed by atoms with Crippen LogP contribution in [0.4, 0.5) is 4.79 Å². The fraction of sp³-hybridized carbons (Fsp3) is 0.650. The molecule has 0 unspecified atom stereocenters. The zero-order valence-corrected chi connectivity index (χ0v) is 15.6. The van der Waals surface area contributed by atoms with Crippen molar-refractivity contribution in [2.45, 2.75) is 64.9 Å². The Morgan fingerprint density at radius 1 is 1.36 bits per heavy atom. The minimum atomic E-state index is -0.424. The van der Waals surface area contributed by atoms with Crippen LogP contribution in [0, 0.1) is 17.2 Å². The molecule has 0 saturated carbocycles. The zero-order chi connectivity index (χ0) is 18.3. The number of piperidine rings is 1. The van der Waals surface area contributed by atoms with Gasteiger partial charge in [-0.05, 0) is 70.1 Å². The standard InChI is InChI=1S/C20H29N3O2/c1-20(2,3)25-19(24)23-12-9-16(10-13-23)6-4-5-7-17-8-11-22-18(14-17)15-21/h8,11,14,16H,4-7,9-10,12-13H2,1-3H3. The minimum Gasteiger partial charge on any atom is -0.444 e. The first kappa shape index (κ1) is 19.2. The Morgan fingerprint density at radius 2 is 2.08 bits per heavy atom. The molecule has 0 aliphatic carbocycles. The molecule has 1 aliphatic rings. The molecular formula is C20H29N3O2. The lowest BCUT2D eigenvalue weighted by molar-refractivity contribution is 0.0180. The van der Waals surface area contributed by atoms with Crippen LogP contribution in [0.5, 0.6) is 0 Å². The summed E-state index contributed by atoms with van der Waals surface area (Å²) in [7, 11) is 0. The van der Waals surface area contributed by atoms with E-state index in [2.05, 4.69) is 11.1 Å². The van der Waals surface area contributed by atoms with Crippen LogP contribution in [-0.4, -0.2) is 34.7 Å². The number of carbonyl (C=O) groups is 1. The highest BCUT2D eigenvalue weighted by Crippen LogP contribution is 2.24. The number of hydrogen-bond donors (Lipinski definition) is 0. The van der Waals surface area contributed by atoms with E-state index in [9.17, 15) is 4.79 Å². The topological polar surface area (TPSA) is 66.2 Å². The second kappa shape index (κ2) is 8.84. The Morgan fingerprint density at radius 3 is 2.72 bits per heavy atom. The SMILES string of the molecule is CC(C)(C)OC(=O)N1CCC(CCCCc2ccnc(C#N)c2)CC1. The molecule has 1 amide bonds. The molecule has 5 heteroatoms. The average Bonchev–Trinajstić information content (AvgIpc) is 2.58. The van der Waals surface area contributed by atoms with Crippen molar-refractivity contribution in [2.75, 3.05) is 13.1 Å². The number of amides is 1. The van der Waals surface area contributed by atoms with Crippen molar-refractivity contribution >= 4 is 6.09 Å². The molecule has 2 rings (SSSR count). The Bertz CT molecular complexity index is 608. The van der Waals surface area contributed by atoms with Crippen molar-refractivity contribution in [3.8, 4) is 6.07 Å². The van der Waals surface area contributed by atoms with Crippen LogP contribution in [0.2, 0.25) is 0 Å². The number of aromatic nitrogens is 1. The number of rotatable bonds is 5. The molecule has 5 nitrogen and oxygen atoms in total. The van der Waals surface area contributed by atoms with Gasteiger partial charge in [-0.3, -0.25) is 0 Å². The maximum atomic E-state index is 12.1. The van der Waals surface area contributed by atoms with Gasteiger partial charge in [-0.2, -0.15) is 5.26 Å². The Kier molecular flexibility index (Phi) is 6.81. The van der Waals surface area contributed by atoms with Gasteiger partial charge >= 0.3 is 6.09 Å². The summed E-state index contributed by atoms with van der Waals surface area (Å²) in [6.07, 6.45) is 8.16. The molecule has 0 radical (unpaired) electrons. The molecule has 0 N–H and O–H groups in total. The monoisotopic (exact) mass is 343 g/mol. The molecule has 0 spiro atoms. The molecule has 1 fully saturated rings. The summed E-state index contributed by atoms with van der Waals surface area (Å²) in [5.74, 6) is 0.700. The summed E-state index contributed by atoms with van der Waals surface area (Å²) >= 11 is 0. The second-order valence-electron chi connectivity index (χ2n) is 7.82. The van der Waals surface area contributed by atoms with Gasteiger partial charge < -0.3 is 9.64 Å². The van der Waals surface area contributed by atoms with Gasteiger partial charge in [0, 0.05) is 19.3 Å². The van der Waals surface area contributed by atoms with Gasteiger partial charge in [-0.1, -0.05) is 12.8 Å². The van der Waals surface area contributed by atoms with Crippen molar-refractivity contribution < 1.29 is 9.53 Å². The number of pyridine rings is 1. The number of carbonyl (C=O) groups excluding carboxylic acids is 1. The van der Waals surface area contributed by atoms with Gasteiger partial charge in [-0.15, -0.1) is 0 Å². The van der Waals surface area contributed by atoms with Crippen molar-refractivity contribution in [1.29, 1.82) is 5.26 Å². The molecule has 2 heterocycles. The second-order valence-corrected chi connectivity index (χ2v) is 7.82. The van der Waals surface area contributed by atoms with Gasteiger partial charge in [-0.25, -0.2) is 9.78 Å². The van der Waals surface area contributed by atoms with Crippen LogP contribution < -0.4 is 0 Å². The molecule has 136 valence electrons. The highest BCUT2D eigenvalue weighted by atomic mass is 16.6. The number of hydrogen-bond acceptors (Lipinski definition) is 4. The number of unbranched alkanes of at least 4 members (excludes halogenated alkanes) is 1. The molecule has 1 aromatic rings. The van der Waals surface area contributed by atoms with E-state index in [1.807, 2.05) is 37.8 Å². The van der Waals surface area contributed by atoms with Crippen LogP contribution in [0.25, 0.3) is 0 Å². The lowest BCUT2D eigenvalue weighted by atomic mass is 9.91. The fourth-order valence-corrected chi connectivity index (χ4v) is 3.18. The van der Waals surface area contributed by atoms with Gasteiger partial charge in [0.25, 0.3) is 0 Å². The van der Waals surface area contributed by atoms with Gasteiger partial charge in [0.2, 0.25) is 0 Å². The lowest BCUT2D eigenvalue weighted by Gasteiger charge is -2.33. The highest BCUT2D eigenvalue weighted by Gasteiger charge is 2.26. The first-order chi connectivity index (χ1) is 11.9.